The van der Waals surface area contributed by atoms with Crippen molar-refractivity contribution in [1.29, 1.82) is 0 Å². The van der Waals surface area contributed by atoms with Crippen LogP contribution in [0.25, 0.3) is 6.08 Å². The van der Waals surface area contributed by atoms with Gasteiger partial charge < -0.3 is 5.32 Å². The van der Waals surface area contributed by atoms with Crippen LogP contribution in [0.3, 0.4) is 0 Å². The van der Waals surface area contributed by atoms with Crippen molar-refractivity contribution in [2.75, 3.05) is 6.54 Å². The lowest BCUT2D eigenvalue weighted by molar-refractivity contribution is -0.117. The number of rotatable bonds is 6. The van der Waals surface area contributed by atoms with Crippen molar-refractivity contribution in [3.63, 3.8) is 0 Å². The van der Waals surface area contributed by atoms with Crippen LogP contribution in [0.2, 0.25) is 0 Å². The molecule has 0 spiro atoms. The predicted octanol–water partition coefficient (Wildman–Crippen LogP) is 2.69. The largest absolute Gasteiger partial charge is 0.350 e. The van der Waals surface area contributed by atoms with Crippen molar-refractivity contribution in [3.8, 4) is 0 Å². The zero-order chi connectivity index (χ0) is 17.6. The maximum absolute atomic E-state index is 12.0. The summed E-state index contributed by atoms with van der Waals surface area (Å²) in [5.74, 6) is 0.421. The molecule has 1 amide bonds. The SMILES string of the molecule is CCNS(=O)(=O)c1ccc(/C=C/C(=O)NC2CCCCC2C)cc1. The van der Waals surface area contributed by atoms with Crippen LogP contribution in [0.5, 0.6) is 0 Å². The molecule has 1 aliphatic carbocycles. The van der Waals surface area contributed by atoms with Gasteiger partial charge in [-0.15, -0.1) is 0 Å². The normalized spacial score (nSPS) is 21.8. The zero-order valence-corrected chi connectivity index (χ0v) is 15.1. The van der Waals surface area contributed by atoms with Gasteiger partial charge in [0.1, 0.15) is 0 Å². The smallest absolute Gasteiger partial charge is 0.244 e. The molecule has 2 unspecified atom stereocenters. The van der Waals surface area contributed by atoms with Gasteiger partial charge in [0.05, 0.1) is 4.90 Å². The Morgan fingerprint density at radius 2 is 1.88 bits per heavy atom. The molecule has 0 aromatic heterocycles. The highest BCUT2D eigenvalue weighted by Gasteiger charge is 2.21. The van der Waals surface area contributed by atoms with E-state index in [1.807, 2.05) is 0 Å². The van der Waals surface area contributed by atoms with E-state index in [1.165, 1.54) is 18.9 Å². The summed E-state index contributed by atoms with van der Waals surface area (Å²) in [4.78, 5) is 12.3. The number of amides is 1. The van der Waals surface area contributed by atoms with Crippen molar-refractivity contribution < 1.29 is 13.2 Å². The number of hydrogen-bond donors (Lipinski definition) is 2. The molecule has 0 bridgehead atoms. The summed E-state index contributed by atoms with van der Waals surface area (Å²) in [5, 5.41) is 3.06. The molecule has 2 N–H and O–H groups in total. The van der Waals surface area contributed by atoms with E-state index in [2.05, 4.69) is 17.0 Å². The monoisotopic (exact) mass is 350 g/mol. The summed E-state index contributed by atoms with van der Waals surface area (Å²) in [6, 6.07) is 6.72. The van der Waals surface area contributed by atoms with Crippen molar-refractivity contribution in [3.05, 3.63) is 35.9 Å². The minimum absolute atomic E-state index is 0.0990. The lowest BCUT2D eigenvalue weighted by atomic mass is 9.86. The molecule has 1 aromatic rings. The third-order valence-corrected chi connectivity index (χ3v) is 5.95. The van der Waals surface area contributed by atoms with Gasteiger partial charge in [-0.3, -0.25) is 4.79 Å². The average molecular weight is 350 g/mol. The topological polar surface area (TPSA) is 75.3 Å². The van der Waals surface area contributed by atoms with E-state index in [0.29, 0.717) is 12.5 Å². The van der Waals surface area contributed by atoms with Crippen LogP contribution in [0, 0.1) is 5.92 Å². The summed E-state index contributed by atoms with van der Waals surface area (Å²) in [7, 11) is -3.44. The fourth-order valence-electron chi connectivity index (χ4n) is 2.96. The molecule has 132 valence electrons. The van der Waals surface area contributed by atoms with Crippen LogP contribution in [-0.4, -0.2) is 26.9 Å². The number of benzene rings is 1. The second kappa shape index (κ2) is 8.44. The van der Waals surface area contributed by atoms with E-state index >= 15 is 0 Å². The highest BCUT2D eigenvalue weighted by molar-refractivity contribution is 7.89. The van der Waals surface area contributed by atoms with Gasteiger partial charge in [-0.05, 0) is 42.5 Å². The Morgan fingerprint density at radius 3 is 2.50 bits per heavy atom. The van der Waals surface area contributed by atoms with Crippen LogP contribution >= 0.6 is 0 Å². The Bertz CT molecular complexity index is 681. The average Bonchev–Trinajstić information content (AvgIpc) is 2.55. The Hall–Kier alpha value is -1.66. The van der Waals surface area contributed by atoms with Crippen molar-refractivity contribution >= 4 is 22.0 Å². The third kappa shape index (κ3) is 5.18. The molecule has 1 aromatic carbocycles. The van der Waals surface area contributed by atoms with Gasteiger partial charge in [0.15, 0.2) is 0 Å². The molecule has 6 heteroatoms. The standard InChI is InChI=1S/C18H26N2O3S/c1-3-19-24(22,23)16-11-8-15(9-12-16)10-13-18(21)20-17-7-5-4-6-14(17)2/h8-14,17,19H,3-7H2,1-2H3,(H,20,21)/b13-10+. The Labute approximate surface area is 144 Å². The van der Waals surface area contributed by atoms with Crippen LogP contribution < -0.4 is 10.0 Å². The minimum atomic E-state index is -3.44. The fourth-order valence-corrected chi connectivity index (χ4v) is 4.01. The van der Waals surface area contributed by atoms with E-state index in [1.54, 1.807) is 37.3 Å². The molecule has 1 fully saturated rings. The molecule has 1 aliphatic rings. The van der Waals surface area contributed by atoms with Crippen LogP contribution in [0.15, 0.2) is 35.2 Å². The highest BCUT2D eigenvalue weighted by atomic mass is 32.2. The Balaban J connectivity index is 1.95. The first-order valence-corrected chi connectivity index (χ1v) is 9.99. The fraction of sp³-hybridized carbons (Fsp3) is 0.500. The van der Waals surface area contributed by atoms with Crippen molar-refractivity contribution in [1.82, 2.24) is 10.0 Å². The quantitative estimate of drug-likeness (QED) is 0.775. The zero-order valence-electron chi connectivity index (χ0n) is 14.3. The van der Waals surface area contributed by atoms with E-state index in [9.17, 15) is 13.2 Å². The third-order valence-electron chi connectivity index (χ3n) is 4.39. The molecule has 1 saturated carbocycles. The number of hydrogen-bond acceptors (Lipinski definition) is 3. The van der Waals surface area contributed by atoms with E-state index < -0.39 is 10.0 Å². The molecule has 2 atom stereocenters. The predicted molar refractivity (Wildman–Crippen MR) is 95.9 cm³/mol. The Morgan fingerprint density at radius 1 is 1.21 bits per heavy atom. The minimum Gasteiger partial charge on any atom is -0.350 e. The van der Waals surface area contributed by atoms with Crippen LogP contribution in [0.4, 0.5) is 0 Å². The van der Waals surface area contributed by atoms with E-state index in [4.69, 9.17) is 0 Å². The van der Waals surface area contributed by atoms with Gasteiger partial charge in [-0.25, -0.2) is 13.1 Å². The summed E-state index contributed by atoms with van der Waals surface area (Å²) in [6.07, 6.45) is 7.82. The van der Waals surface area contributed by atoms with Gasteiger partial charge in [0.2, 0.25) is 15.9 Å². The maximum atomic E-state index is 12.0. The molecule has 0 heterocycles. The second-order valence-electron chi connectivity index (χ2n) is 6.28. The van der Waals surface area contributed by atoms with Crippen LogP contribution in [-0.2, 0) is 14.8 Å². The Kier molecular flexibility index (Phi) is 6.57. The summed E-state index contributed by atoms with van der Waals surface area (Å²) in [6.45, 7) is 4.27. The molecular weight excluding hydrogens is 324 g/mol. The molecule has 24 heavy (non-hydrogen) atoms. The van der Waals surface area contributed by atoms with Crippen molar-refractivity contribution in [2.24, 2.45) is 5.92 Å². The van der Waals surface area contributed by atoms with Gasteiger partial charge in [0, 0.05) is 18.7 Å². The molecule has 0 radical (unpaired) electrons. The molecular formula is C18H26N2O3S. The summed E-state index contributed by atoms with van der Waals surface area (Å²) >= 11 is 0. The van der Waals surface area contributed by atoms with Gasteiger partial charge in [0.25, 0.3) is 0 Å². The maximum Gasteiger partial charge on any atom is 0.244 e. The van der Waals surface area contributed by atoms with Gasteiger partial charge in [-0.1, -0.05) is 38.8 Å². The van der Waals surface area contributed by atoms with E-state index in [0.717, 1.165) is 18.4 Å². The van der Waals surface area contributed by atoms with Gasteiger partial charge >= 0.3 is 0 Å². The first-order valence-electron chi connectivity index (χ1n) is 8.50. The van der Waals surface area contributed by atoms with Gasteiger partial charge in [-0.2, -0.15) is 0 Å². The lowest BCUT2D eigenvalue weighted by Crippen LogP contribution is -2.40. The lowest BCUT2D eigenvalue weighted by Gasteiger charge is -2.29. The molecule has 5 nitrogen and oxygen atoms in total. The summed E-state index contributed by atoms with van der Waals surface area (Å²) in [5.41, 5.74) is 0.789. The molecule has 0 aliphatic heterocycles. The second-order valence-corrected chi connectivity index (χ2v) is 8.05. The van der Waals surface area contributed by atoms with Crippen molar-refractivity contribution in [2.45, 2.75) is 50.5 Å². The number of carbonyl (C=O) groups excluding carboxylic acids is 1. The number of carbonyl (C=O) groups is 1. The first-order chi connectivity index (χ1) is 11.4. The molecule has 2 rings (SSSR count). The van der Waals surface area contributed by atoms with E-state index in [-0.39, 0.29) is 16.8 Å². The first kappa shape index (κ1) is 18.7. The highest BCUT2D eigenvalue weighted by Crippen LogP contribution is 2.23. The number of nitrogens with one attached hydrogen (secondary N) is 2. The summed E-state index contributed by atoms with van der Waals surface area (Å²) < 4.78 is 26.2. The number of sulfonamides is 1. The van der Waals surface area contributed by atoms with Crippen LogP contribution in [0.1, 0.15) is 45.1 Å². The molecule has 0 saturated heterocycles.